The van der Waals surface area contributed by atoms with Gasteiger partial charge in [-0.2, -0.15) is 0 Å². The third kappa shape index (κ3) is 113. The Morgan fingerprint density at radius 2 is 0.408 bits per heavy atom. The maximum atomic E-state index is 9.69. The molecule has 0 spiro atoms. The largest absolute Gasteiger partial charge is 0.566 e. The van der Waals surface area contributed by atoms with E-state index in [9.17, 15) is 56.8 Å². The van der Waals surface area contributed by atoms with E-state index in [4.69, 9.17) is 0 Å². The summed E-state index contributed by atoms with van der Waals surface area (Å²) in [5.41, 5.74) is 0. The zero-order valence-corrected chi connectivity index (χ0v) is 36.5. The van der Waals surface area contributed by atoms with Crippen LogP contribution in [-0.2, 0) is 75.6 Å². The summed E-state index contributed by atoms with van der Waals surface area (Å²) >= 11 is 0. The first-order chi connectivity index (χ1) is 22.6. The van der Waals surface area contributed by atoms with Crippen LogP contribution in [0.3, 0.4) is 0 Å². The van der Waals surface area contributed by atoms with Gasteiger partial charge in [0.25, 0.3) is 0 Å². The minimum absolute atomic E-state index is 0. The molecular formula is C24H54MoO18P6. The standard InChI is InChI=1S/6C4H9O3P.Mo/c6*1-2-3-4-7-8(5)6;/h6*2-4H2,1H3;. The Bertz CT molecular complexity index is 604. The van der Waals surface area contributed by atoms with Gasteiger partial charge in [-0.25, -0.2) is 0 Å². The summed E-state index contributed by atoms with van der Waals surface area (Å²) in [6.07, 6.45) is 10.6. The fourth-order valence-electron chi connectivity index (χ4n) is 1.70. The van der Waals surface area contributed by atoms with Crippen molar-refractivity contribution in [2.75, 3.05) is 39.6 Å². The molecule has 0 aliphatic carbocycles. The van der Waals surface area contributed by atoms with Crippen molar-refractivity contribution in [3.63, 3.8) is 0 Å². The Morgan fingerprint density at radius 3 is 0.469 bits per heavy atom. The Hall–Kier alpha value is 0.808. The first-order valence-corrected chi connectivity index (χ1v) is 21.8. The quantitative estimate of drug-likeness (QED) is 0.0705. The fraction of sp³-hybridized carbons (Fsp3) is 1.00. The molecule has 18 nitrogen and oxygen atoms in total. The monoisotopic (exact) mass is 914 g/mol. The fourth-order valence-corrected chi connectivity index (χ4v) is 3.37. The van der Waals surface area contributed by atoms with Crippen LogP contribution in [0.4, 0.5) is 0 Å². The van der Waals surface area contributed by atoms with Gasteiger partial charge in [0.1, 0.15) is 39.6 Å². The Balaban J connectivity index is -0.0000000860. The molecule has 0 aromatic rings. The minimum Gasteiger partial charge on any atom is -0.566 e. The predicted molar refractivity (Wildman–Crippen MR) is 171 cm³/mol. The molecule has 0 amide bonds. The topological polar surface area (TPSA) is 296 Å². The van der Waals surface area contributed by atoms with Crippen LogP contribution in [0.15, 0.2) is 0 Å². The van der Waals surface area contributed by atoms with Gasteiger partial charge in [0, 0.05) is 21.1 Å². The molecule has 49 heavy (non-hydrogen) atoms. The molecule has 0 bridgehead atoms. The summed E-state index contributed by atoms with van der Waals surface area (Å²) in [7, 11) is -15.7. The molecule has 294 valence electrons. The molecule has 6 unspecified atom stereocenters. The van der Waals surface area contributed by atoms with E-state index in [1.807, 2.05) is 41.5 Å². The molecule has 0 N–H and O–H groups in total. The molecule has 0 heterocycles. The molecule has 0 aliphatic heterocycles. The number of hydrogen-bond acceptors (Lipinski definition) is 18. The summed E-state index contributed by atoms with van der Waals surface area (Å²) in [6, 6.07) is 0. The van der Waals surface area contributed by atoms with Crippen LogP contribution in [0.5, 0.6) is 0 Å². The van der Waals surface area contributed by atoms with E-state index in [1.165, 1.54) is 0 Å². The summed E-state index contributed by atoms with van der Waals surface area (Å²) in [5.74, 6) is 0. The van der Waals surface area contributed by atoms with Crippen LogP contribution < -0.4 is 29.4 Å². The minimum atomic E-state index is -2.61. The Kier molecular flexibility index (Phi) is 80.4. The number of unbranched alkanes of at least 4 members (excludes halogenated alkanes) is 6. The van der Waals surface area contributed by atoms with Crippen molar-refractivity contribution in [1.29, 1.82) is 0 Å². The molecule has 25 heteroatoms. The third-order valence-electron chi connectivity index (χ3n) is 4.17. The van der Waals surface area contributed by atoms with E-state index in [-0.39, 0.29) is 21.1 Å². The average Bonchev–Trinajstić information content (AvgIpc) is 2.99. The normalized spacial score (nSPS) is 11.3. The second kappa shape index (κ2) is 60.9. The molecule has 0 saturated heterocycles. The summed E-state index contributed by atoms with van der Waals surface area (Å²) in [4.78, 5) is 58.1. The molecule has 0 aromatic carbocycles. The van der Waals surface area contributed by atoms with E-state index in [1.54, 1.807) is 0 Å². The van der Waals surface area contributed by atoms with Gasteiger partial charge >= 0.3 is 49.5 Å². The van der Waals surface area contributed by atoms with E-state index in [0.717, 1.165) is 77.0 Å². The van der Waals surface area contributed by atoms with Gasteiger partial charge in [-0.05, 0) is 65.9 Å². The van der Waals surface area contributed by atoms with Crippen LogP contribution >= 0.6 is 49.5 Å². The first-order valence-electron chi connectivity index (χ1n) is 15.3. The zero-order valence-electron chi connectivity index (χ0n) is 29.2. The molecule has 0 radical (unpaired) electrons. The van der Waals surface area contributed by atoms with E-state index in [0.29, 0.717) is 39.6 Å². The van der Waals surface area contributed by atoms with Crippen molar-refractivity contribution in [2.24, 2.45) is 0 Å². The molecule has 0 aromatic heterocycles. The van der Waals surface area contributed by atoms with Crippen molar-refractivity contribution in [1.82, 2.24) is 0 Å². The third-order valence-corrected chi connectivity index (χ3v) is 6.53. The first kappa shape index (κ1) is 64.7. The van der Waals surface area contributed by atoms with Crippen LogP contribution in [0.1, 0.15) is 119 Å². The van der Waals surface area contributed by atoms with Crippen molar-refractivity contribution in [2.45, 2.75) is 119 Å². The summed E-state index contributed by atoms with van der Waals surface area (Å²) in [5, 5.41) is 0. The smallest absolute Gasteiger partial charge is 0.488 e. The SMILES string of the molecule is CCCCO[P+](=O)[O-].CCCCO[P+](=O)[O-].CCCCO[P+](=O)[O-].CCCCO[P+](=O)[O-].CCCCO[P+](=O)[O-].CCCCO[P+](=O)[O-].[Mo]. The van der Waals surface area contributed by atoms with Crippen molar-refractivity contribution < 1.29 is 105 Å². The second-order valence-electron chi connectivity index (χ2n) is 8.46. The number of rotatable bonds is 24. The Morgan fingerprint density at radius 1 is 0.306 bits per heavy atom. The van der Waals surface area contributed by atoms with Gasteiger partial charge < -0.3 is 29.4 Å². The second-order valence-corrected chi connectivity index (χ2v) is 12.7. The van der Waals surface area contributed by atoms with Gasteiger partial charge in [-0.1, -0.05) is 80.1 Å². The van der Waals surface area contributed by atoms with Crippen LogP contribution in [-0.4, -0.2) is 39.6 Å². The molecule has 0 fully saturated rings. The van der Waals surface area contributed by atoms with E-state index >= 15 is 0 Å². The molecule has 6 atom stereocenters. The van der Waals surface area contributed by atoms with Gasteiger partial charge in [0.2, 0.25) is 0 Å². The molecule has 0 rings (SSSR count). The summed E-state index contributed by atoms with van der Waals surface area (Å²) in [6.45, 7) is 13.8. The molecular weight excluding hydrogens is 858 g/mol. The number of hydrogen-bond donors (Lipinski definition) is 0. The van der Waals surface area contributed by atoms with Gasteiger partial charge in [0.15, 0.2) is 0 Å². The predicted octanol–water partition coefficient (Wildman–Crippen LogP) is 4.92. The maximum absolute atomic E-state index is 9.69. The van der Waals surface area contributed by atoms with Crippen LogP contribution in [0.2, 0.25) is 0 Å². The van der Waals surface area contributed by atoms with E-state index < -0.39 is 49.5 Å². The zero-order chi connectivity index (χ0) is 38.4. The van der Waals surface area contributed by atoms with Gasteiger partial charge in [0.05, 0.1) is 0 Å². The average molecular weight is 912 g/mol. The maximum Gasteiger partial charge on any atom is 0.488 e. The van der Waals surface area contributed by atoms with Crippen LogP contribution in [0.25, 0.3) is 0 Å². The Labute approximate surface area is 311 Å². The van der Waals surface area contributed by atoms with Gasteiger partial charge in [-0.15, -0.1) is 27.1 Å². The van der Waals surface area contributed by atoms with Crippen molar-refractivity contribution >= 4 is 49.5 Å². The van der Waals surface area contributed by atoms with E-state index in [2.05, 4.69) is 27.1 Å². The summed E-state index contributed by atoms with van der Waals surface area (Å²) < 4.78 is 83.5. The van der Waals surface area contributed by atoms with Crippen LogP contribution in [0, 0.1) is 0 Å². The van der Waals surface area contributed by atoms with Crippen molar-refractivity contribution in [3.8, 4) is 0 Å². The molecule has 0 aliphatic rings. The molecule has 0 saturated carbocycles. The van der Waals surface area contributed by atoms with Gasteiger partial charge in [-0.3, -0.25) is 0 Å². The van der Waals surface area contributed by atoms with Crippen molar-refractivity contribution in [3.05, 3.63) is 0 Å².